The van der Waals surface area contributed by atoms with Gasteiger partial charge < -0.3 is 4.74 Å². The Hall–Kier alpha value is -1.89. The normalized spacial score (nSPS) is 11.2. The highest BCUT2D eigenvalue weighted by Crippen LogP contribution is 2.32. The quantitative estimate of drug-likeness (QED) is 0.788. The maximum atomic E-state index is 12.4. The van der Waals surface area contributed by atoms with Crippen LogP contribution in [0.2, 0.25) is 5.02 Å². The predicted molar refractivity (Wildman–Crippen MR) is 64.1 cm³/mol. The average molecular weight is 307 g/mol. The number of halogens is 5. The van der Waals surface area contributed by atoms with Gasteiger partial charge in [0, 0.05) is 10.6 Å². The van der Waals surface area contributed by atoms with Crippen molar-refractivity contribution < 1.29 is 22.3 Å². The molecule has 0 aliphatic carbocycles. The molecule has 20 heavy (non-hydrogen) atoms. The van der Waals surface area contributed by atoms with Crippen molar-refractivity contribution in [2.24, 2.45) is 0 Å². The van der Waals surface area contributed by atoms with Crippen LogP contribution in [0.1, 0.15) is 12.1 Å². The van der Waals surface area contributed by atoms with Gasteiger partial charge in [0.25, 0.3) is 6.43 Å². The first kappa shape index (κ1) is 14.5. The second-order valence-corrected chi connectivity index (χ2v) is 4.08. The first-order valence-corrected chi connectivity index (χ1v) is 5.70. The number of aromatic nitrogens is 2. The first-order valence-electron chi connectivity index (χ1n) is 5.32. The minimum Gasteiger partial charge on any atom is -0.434 e. The third kappa shape index (κ3) is 3.36. The lowest BCUT2D eigenvalue weighted by molar-refractivity contribution is -0.0494. The molecule has 0 amide bonds. The summed E-state index contributed by atoms with van der Waals surface area (Å²) < 4.78 is 53.7. The van der Waals surface area contributed by atoms with Crippen LogP contribution < -0.4 is 4.74 Å². The Morgan fingerprint density at radius 2 is 1.80 bits per heavy atom. The number of nitrogens with zero attached hydrogens (tertiary/aromatic N) is 2. The van der Waals surface area contributed by atoms with Gasteiger partial charge in [0.15, 0.2) is 0 Å². The monoisotopic (exact) mass is 306 g/mol. The van der Waals surface area contributed by atoms with Gasteiger partial charge in [-0.15, -0.1) is 0 Å². The minimum absolute atomic E-state index is 0.127. The van der Waals surface area contributed by atoms with Gasteiger partial charge in [-0.05, 0) is 18.2 Å². The molecule has 0 aliphatic rings. The van der Waals surface area contributed by atoms with E-state index in [9.17, 15) is 17.6 Å². The number of rotatable bonds is 4. The van der Waals surface area contributed by atoms with Gasteiger partial charge in [-0.25, -0.2) is 8.78 Å². The van der Waals surface area contributed by atoms with Crippen LogP contribution in [0.5, 0.6) is 5.75 Å². The fraction of sp³-hybridized carbons (Fsp3) is 0.167. The van der Waals surface area contributed by atoms with Crippen LogP contribution in [0.25, 0.3) is 11.3 Å². The fourth-order valence-electron chi connectivity index (χ4n) is 1.49. The lowest BCUT2D eigenvalue weighted by atomic mass is 10.1. The zero-order chi connectivity index (χ0) is 14.7. The van der Waals surface area contributed by atoms with Crippen LogP contribution in [0, 0.1) is 0 Å². The largest absolute Gasteiger partial charge is 0.434 e. The number of hydrogen-bond donors (Lipinski definition) is 0. The summed E-state index contributed by atoms with van der Waals surface area (Å²) in [4.78, 5) is 7.27. The standard InChI is InChI=1S/C12H7ClF4N2O/c13-6-1-2-7(10(3-6)20-12(16)17)8-4-19-9(5-18-8)11(14)15/h1-5,11-12H. The number of ether oxygens (including phenoxy) is 1. The van der Waals surface area contributed by atoms with Crippen molar-refractivity contribution >= 4 is 11.6 Å². The second kappa shape index (κ2) is 6.04. The Balaban J connectivity index is 2.40. The third-order valence-electron chi connectivity index (χ3n) is 2.33. The molecule has 2 rings (SSSR count). The van der Waals surface area contributed by atoms with E-state index in [-0.39, 0.29) is 22.0 Å². The molecule has 0 saturated heterocycles. The lowest BCUT2D eigenvalue weighted by Gasteiger charge is -2.10. The van der Waals surface area contributed by atoms with Crippen molar-refractivity contribution in [3.05, 3.63) is 41.3 Å². The zero-order valence-electron chi connectivity index (χ0n) is 9.73. The molecule has 0 fully saturated rings. The SMILES string of the molecule is FC(F)Oc1cc(Cl)ccc1-c1cnc(C(F)F)cn1. The van der Waals surface area contributed by atoms with Gasteiger partial charge in [0.2, 0.25) is 0 Å². The van der Waals surface area contributed by atoms with E-state index >= 15 is 0 Å². The average Bonchev–Trinajstić information content (AvgIpc) is 2.38. The van der Waals surface area contributed by atoms with E-state index in [0.29, 0.717) is 0 Å². The Bertz CT molecular complexity index is 593. The Kier molecular flexibility index (Phi) is 4.39. The Labute approximate surface area is 116 Å². The van der Waals surface area contributed by atoms with E-state index in [1.54, 1.807) is 0 Å². The molecule has 1 aromatic heterocycles. The summed E-state index contributed by atoms with van der Waals surface area (Å²) in [5.41, 5.74) is -0.191. The second-order valence-electron chi connectivity index (χ2n) is 3.65. The fourth-order valence-corrected chi connectivity index (χ4v) is 1.65. The van der Waals surface area contributed by atoms with Gasteiger partial charge in [-0.2, -0.15) is 8.78 Å². The molecule has 0 spiro atoms. The molecule has 3 nitrogen and oxygen atoms in total. The summed E-state index contributed by atoms with van der Waals surface area (Å²) in [6, 6.07) is 4.02. The first-order chi connectivity index (χ1) is 9.47. The van der Waals surface area contributed by atoms with Crippen molar-refractivity contribution in [2.75, 3.05) is 0 Å². The highest BCUT2D eigenvalue weighted by molar-refractivity contribution is 6.30. The topological polar surface area (TPSA) is 35.0 Å². The molecule has 1 aromatic carbocycles. The predicted octanol–water partition coefficient (Wildman–Crippen LogP) is 4.34. The van der Waals surface area contributed by atoms with Crippen LogP contribution in [0.15, 0.2) is 30.6 Å². The van der Waals surface area contributed by atoms with Gasteiger partial charge in [0.05, 0.1) is 18.1 Å². The molecular weight excluding hydrogens is 300 g/mol. The Morgan fingerprint density at radius 1 is 1.05 bits per heavy atom. The molecule has 8 heteroatoms. The van der Waals surface area contributed by atoms with Gasteiger partial charge >= 0.3 is 6.61 Å². The van der Waals surface area contributed by atoms with Crippen LogP contribution in [0.3, 0.4) is 0 Å². The molecule has 0 saturated carbocycles. The van der Waals surface area contributed by atoms with E-state index in [1.165, 1.54) is 18.2 Å². The lowest BCUT2D eigenvalue weighted by Crippen LogP contribution is -2.04. The number of benzene rings is 1. The summed E-state index contributed by atoms with van der Waals surface area (Å²) in [7, 11) is 0. The summed E-state index contributed by atoms with van der Waals surface area (Å²) in [5.74, 6) is -0.202. The maximum absolute atomic E-state index is 12.4. The van der Waals surface area contributed by atoms with Gasteiger partial charge in [-0.3, -0.25) is 9.97 Å². The van der Waals surface area contributed by atoms with Crippen LogP contribution >= 0.6 is 11.6 Å². The van der Waals surface area contributed by atoms with Gasteiger partial charge in [-0.1, -0.05) is 11.6 Å². The van der Waals surface area contributed by atoms with Crippen molar-refractivity contribution in [3.63, 3.8) is 0 Å². The Morgan fingerprint density at radius 3 is 2.35 bits per heavy atom. The van der Waals surface area contributed by atoms with Crippen molar-refractivity contribution in [1.82, 2.24) is 9.97 Å². The molecule has 0 atom stereocenters. The van der Waals surface area contributed by atoms with Crippen LogP contribution in [0.4, 0.5) is 17.6 Å². The summed E-state index contributed by atoms with van der Waals surface area (Å²) in [5, 5.41) is 0.196. The molecule has 106 valence electrons. The molecule has 0 bridgehead atoms. The maximum Gasteiger partial charge on any atom is 0.387 e. The van der Waals surface area contributed by atoms with E-state index in [1.807, 2.05) is 0 Å². The number of hydrogen-bond acceptors (Lipinski definition) is 3. The minimum atomic E-state index is -3.04. The van der Waals surface area contributed by atoms with Crippen molar-refractivity contribution in [3.8, 4) is 17.0 Å². The molecule has 0 N–H and O–H groups in total. The van der Waals surface area contributed by atoms with E-state index in [0.717, 1.165) is 12.4 Å². The van der Waals surface area contributed by atoms with Crippen LogP contribution in [-0.4, -0.2) is 16.6 Å². The summed E-state index contributed by atoms with van der Waals surface area (Å²) in [6.07, 6.45) is -0.817. The molecule has 1 heterocycles. The van der Waals surface area contributed by atoms with E-state index in [4.69, 9.17) is 11.6 Å². The molecule has 0 aliphatic heterocycles. The van der Waals surface area contributed by atoms with E-state index < -0.39 is 18.7 Å². The summed E-state index contributed by atoms with van der Waals surface area (Å²) in [6.45, 7) is -3.04. The summed E-state index contributed by atoms with van der Waals surface area (Å²) >= 11 is 5.69. The third-order valence-corrected chi connectivity index (χ3v) is 2.57. The zero-order valence-corrected chi connectivity index (χ0v) is 10.5. The molecule has 0 unspecified atom stereocenters. The smallest absolute Gasteiger partial charge is 0.387 e. The van der Waals surface area contributed by atoms with Crippen LogP contribution in [-0.2, 0) is 0 Å². The van der Waals surface area contributed by atoms with Crippen molar-refractivity contribution in [1.29, 1.82) is 0 Å². The molecule has 0 radical (unpaired) electrons. The number of alkyl halides is 4. The highest BCUT2D eigenvalue weighted by atomic mass is 35.5. The van der Waals surface area contributed by atoms with Crippen molar-refractivity contribution in [2.45, 2.75) is 13.0 Å². The molecule has 2 aromatic rings. The molecular formula is C12H7ClF4N2O. The van der Waals surface area contributed by atoms with Gasteiger partial charge in [0.1, 0.15) is 11.4 Å². The highest BCUT2D eigenvalue weighted by Gasteiger charge is 2.15. The van der Waals surface area contributed by atoms with E-state index in [2.05, 4.69) is 14.7 Å².